The van der Waals surface area contributed by atoms with Crippen LogP contribution >= 0.6 is 8.16 Å². The molecule has 4 aromatic carbocycles. The Bertz CT molecular complexity index is 1500. The van der Waals surface area contributed by atoms with E-state index in [9.17, 15) is 0 Å². The first-order chi connectivity index (χ1) is 15.5. The van der Waals surface area contributed by atoms with E-state index in [4.69, 9.17) is 8.39 Å². The average Bonchev–Trinajstić information content (AvgIpc) is 3.01. The molecule has 5 aromatic rings. The Morgan fingerprint density at radius 3 is 2.06 bits per heavy atom. The third-order valence-electron chi connectivity index (χ3n) is 7.03. The van der Waals surface area contributed by atoms with Gasteiger partial charge in [-0.05, 0) is 32.8 Å². The standard InChI is InChI=1S/C27H30NO2PSi/c1-6-32(5,7-2)24-18-20-13-9-11-15-22(20)26-25-21-14-10-8-12-19(21)16-17-23(25)29-31(28(3)4)30-27(24)26/h8-18H,6-7H2,1-5H3. The molecule has 1 aromatic heterocycles. The summed E-state index contributed by atoms with van der Waals surface area (Å²) in [5.74, 6) is 0. The molecule has 0 saturated carbocycles. The highest BCUT2D eigenvalue weighted by Crippen LogP contribution is 2.41. The molecule has 0 N–H and O–H groups in total. The molecule has 1 atom stereocenters. The van der Waals surface area contributed by atoms with E-state index in [1.54, 1.807) is 0 Å². The minimum absolute atomic E-state index is 0.904. The summed E-state index contributed by atoms with van der Waals surface area (Å²) in [6.07, 6.45) is 0. The summed E-state index contributed by atoms with van der Waals surface area (Å²) >= 11 is 0. The second kappa shape index (κ2) is 8.11. The zero-order valence-corrected chi connectivity index (χ0v) is 21.4. The van der Waals surface area contributed by atoms with Crippen LogP contribution in [0.1, 0.15) is 13.8 Å². The van der Waals surface area contributed by atoms with Crippen molar-refractivity contribution in [3.63, 3.8) is 0 Å². The van der Waals surface area contributed by atoms with Crippen LogP contribution in [-0.2, 0) is 0 Å². The normalized spacial score (nSPS) is 13.0. The highest BCUT2D eigenvalue weighted by Gasteiger charge is 2.30. The fourth-order valence-corrected chi connectivity index (χ4v) is 8.29. The Morgan fingerprint density at radius 2 is 1.41 bits per heavy atom. The molecule has 0 bridgehead atoms. The van der Waals surface area contributed by atoms with Gasteiger partial charge in [-0.3, -0.25) is 0 Å². The van der Waals surface area contributed by atoms with Gasteiger partial charge >= 0.3 is 8.16 Å². The second-order valence-electron chi connectivity index (χ2n) is 9.04. The molecule has 1 heterocycles. The number of hydrogen-bond acceptors (Lipinski definition) is 3. The van der Waals surface area contributed by atoms with Crippen LogP contribution in [0.25, 0.3) is 43.5 Å². The minimum atomic E-state index is -1.73. The van der Waals surface area contributed by atoms with E-state index < -0.39 is 16.2 Å². The molecule has 0 spiro atoms. The maximum absolute atomic E-state index is 6.84. The minimum Gasteiger partial charge on any atom is -0.408 e. The van der Waals surface area contributed by atoms with Crippen molar-refractivity contribution in [1.82, 2.24) is 0 Å². The number of nitrogens with zero attached hydrogens (tertiary/aromatic N) is 1. The quantitative estimate of drug-likeness (QED) is 0.254. The topological polar surface area (TPSA) is 29.5 Å². The molecular weight excluding hydrogens is 429 g/mol. The molecule has 3 nitrogen and oxygen atoms in total. The Hall–Kier alpha value is -2.52. The van der Waals surface area contributed by atoms with E-state index in [0.29, 0.717) is 0 Å². The highest BCUT2D eigenvalue weighted by molar-refractivity contribution is 7.38. The van der Waals surface area contributed by atoms with Gasteiger partial charge in [0.1, 0.15) is 11.2 Å². The monoisotopic (exact) mass is 459 g/mol. The molecule has 0 fully saturated rings. The van der Waals surface area contributed by atoms with E-state index in [0.717, 1.165) is 16.6 Å². The molecule has 0 aliphatic rings. The Labute approximate surface area is 191 Å². The maximum atomic E-state index is 6.84. The first-order valence-corrected chi connectivity index (χ1v) is 15.4. The molecule has 0 amide bonds. The molecule has 164 valence electrons. The molecule has 0 aliphatic heterocycles. The van der Waals surface area contributed by atoms with Gasteiger partial charge in [0.15, 0.2) is 0 Å². The van der Waals surface area contributed by atoms with Gasteiger partial charge < -0.3 is 8.39 Å². The Morgan fingerprint density at radius 1 is 0.781 bits per heavy atom. The lowest BCUT2D eigenvalue weighted by Crippen LogP contribution is -2.43. The first kappa shape index (κ1) is 21.3. The van der Waals surface area contributed by atoms with Crippen molar-refractivity contribution in [3.05, 3.63) is 66.7 Å². The molecule has 1 unspecified atom stereocenters. The zero-order valence-electron chi connectivity index (χ0n) is 19.5. The van der Waals surface area contributed by atoms with E-state index in [2.05, 4.69) is 91.8 Å². The summed E-state index contributed by atoms with van der Waals surface area (Å²) in [6.45, 7) is 7.17. The SMILES string of the molecule is CC[Si](C)(CC)c1cc2ccccc2c2c1op(N(C)C)oc1ccc3ccccc3c12. The largest absolute Gasteiger partial charge is 0.408 e. The second-order valence-corrected chi connectivity index (χ2v) is 15.8. The highest BCUT2D eigenvalue weighted by atomic mass is 31.1. The first-order valence-electron chi connectivity index (χ1n) is 11.4. The lowest BCUT2D eigenvalue weighted by atomic mass is 9.98. The van der Waals surface area contributed by atoms with Gasteiger partial charge in [-0.1, -0.05) is 93.1 Å². The third kappa shape index (κ3) is 3.29. The van der Waals surface area contributed by atoms with Crippen LogP contribution in [0.2, 0.25) is 18.6 Å². The van der Waals surface area contributed by atoms with Crippen LogP contribution in [-0.4, -0.2) is 22.2 Å². The fourth-order valence-electron chi connectivity index (χ4n) is 4.68. The van der Waals surface area contributed by atoms with Gasteiger partial charge in [0, 0.05) is 24.9 Å². The van der Waals surface area contributed by atoms with Crippen LogP contribution in [0.5, 0.6) is 0 Å². The molecule has 0 aliphatic carbocycles. The molecule has 5 heteroatoms. The van der Waals surface area contributed by atoms with Gasteiger partial charge in [0.25, 0.3) is 0 Å². The Kier molecular flexibility index (Phi) is 5.41. The molecular formula is C27H30NO2PSi. The van der Waals surface area contributed by atoms with E-state index in [1.807, 2.05) is 14.1 Å². The summed E-state index contributed by atoms with van der Waals surface area (Å²) in [5.41, 5.74) is 1.94. The lowest BCUT2D eigenvalue weighted by Gasteiger charge is -2.26. The van der Waals surface area contributed by atoms with E-state index >= 15 is 0 Å². The molecule has 32 heavy (non-hydrogen) atoms. The lowest BCUT2D eigenvalue weighted by molar-refractivity contribution is 0.636. The van der Waals surface area contributed by atoms with Gasteiger partial charge in [-0.2, -0.15) is 0 Å². The van der Waals surface area contributed by atoms with Crippen LogP contribution in [0.15, 0.2) is 75.1 Å². The zero-order chi connectivity index (χ0) is 22.5. The van der Waals surface area contributed by atoms with Crippen LogP contribution in [0.4, 0.5) is 0 Å². The summed E-state index contributed by atoms with van der Waals surface area (Å²) < 4.78 is 15.5. The summed E-state index contributed by atoms with van der Waals surface area (Å²) in [5, 5.41) is 8.70. The van der Waals surface area contributed by atoms with Gasteiger partial charge in [-0.25, -0.2) is 4.67 Å². The van der Waals surface area contributed by atoms with Crippen molar-refractivity contribution in [2.24, 2.45) is 0 Å². The van der Waals surface area contributed by atoms with Crippen molar-refractivity contribution in [1.29, 1.82) is 0 Å². The summed E-state index contributed by atoms with van der Waals surface area (Å²) in [4.78, 5) is 0. The van der Waals surface area contributed by atoms with Crippen LogP contribution < -0.4 is 9.86 Å². The molecule has 0 saturated heterocycles. The van der Waals surface area contributed by atoms with E-state index in [-0.39, 0.29) is 0 Å². The molecule has 5 rings (SSSR count). The Balaban J connectivity index is 2.19. The number of fused-ring (bicyclic) bond motifs is 7. The van der Waals surface area contributed by atoms with Crippen molar-refractivity contribution in [2.75, 3.05) is 18.8 Å². The van der Waals surface area contributed by atoms with Crippen molar-refractivity contribution in [2.45, 2.75) is 32.5 Å². The molecule has 0 radical (unpaired) electrons. The van der Waals surface area contributed by atoms with Gasteiger partial charge in [0.2, 0.25) is 0 Å². The van der Waals surface area contributed by atoms with Crippen molar-refractivity contribution < 1.29 is 8.39 Å². The van der Waals surface area contributed by atoms with Gasteiger partial charge in [-0.15, -0.1) is 0 Å². The van der Waals surface area contributed by atoms with E-state index in [1.165, 1.54) is 44.2 Å². The summed E-state index contributed by atoms with van der Waals surface area (Å²) in [6, 6.07) is 26.4. The predicted octanol–water partition coefficient (Wildman–Crippen LogP) is 8.12. The van der Waals surface area contributed by atoms with Crippen molar-refractivity contribution >= 4 is 64.9 Å². The third-order valence-corrected chi connectivity index (χ3v) is 13.2. The van der Waals surface area contributed by atoms with Crippen molar-refractivity contribution in [3.8, 4) is 0 Å². The number of hydrogen-bond donors (Lipinski definition) is 0. The van der Waals surface area contributed by atoms with Crippen LogP contribution in [0.3, 0.4) is 0 Å². The predicted molar refractivity (Wildman–Crippen MR) is 144 cm³/mol. The van der Waals surface area contributed by atoms with Crippen LogP contribution in [0, 0.1) is 0 Å². The number of rotatable bonds is 4. The van der Waals surface area contributed by atoms with Gasteiger partial charge in [0.05, 0.1) is 8.07 Å². The average molecular weight is 460 g/mol. The fraction of sp³-hybridized carbons (Fsp3) is 0.259. The number of benzene rings is 4. The summed E-state index contributed by atoms with van der Waals surface area (Å²) in [7, 11) is 1.08. The maximum Gasteiger partial charge on any atom is 0.309 e. The smallest absolute Gasteiger partial charge is 0.309 e.